The summed E-state index contributed by atoms with van der Waals surface area (Å²) < 4.78 is 5.15. The molecule has 1 N–H and O–H groups in total. The van der Waals surface area contributed by atoms with Crippen LogP contribution in [0, 0.1) is 16.0 Å². The van der Waals surface area contributed by atoms with Gasteiger partial charge < -0.3 is 15.0 Å². The van der Waals surface area contributed by atoms with Crippen LogP contribution in [0.2, 0.25) is 0 Å². The van der Waals surface area contributed by atoms with Crippen molar-refractivity contribution in [1.29, 1.82) is 0 Å². The molecule has 1 fully saturated rings. The summed E-state index contributed by atoms with van der Waals surface area (Å²) in [5.41, 5.74) is 0.632. The normalized spacial score (nSPS) is 23.4. The van der Waals surface area contributed by atoms with Crippen molar-refractivity contribution in [1.82, 2.24) is 4.90 Å². The topological polar surface area (TPSA) is 67.6 Å². The first-order valence-electron chi connectivity index (χ1n) is 6.78. The summed E-state index contributed by atoms with van der Waals surface area (Å²) in [6.07, 6.45) is 0.978. The highest BCUT2D eigenvalue weighted by molar-refractivity contribution is 5.64. The lowest BCUT2D eigenvalue weighted by molar-refractivity contribution is -0.384. The molecule has 1 aliphatic rings. The number of methoxy groups -OCH3 is 1. The third-order valence-corrected chi connectivity index (χ3v) is 3.85. The molecule has 2 rings (SSSR count). The number of nitro benzene ring substituents is 1. The number of nitrogens with zero attached hydrogens (tertiary/aromatic N) is 2. The van der Waals surface area contributed by atoms with Crippen molar-refractivity contribution >= 4 is 11.4 Å². The average Bonchev–Trinajstić information content (AvgIpc) is 2.41. The van der Waals surface area contributed by atoms with Crippen molar-refractivity contribution in [2.24, 2.45) is 5.92 Å². The van der Waals surface area contributed by atoms with E-state index in [0.717, 1.165) is 19.5 Å². The number of rotatable bonds is 4. The van der Waals surface area contributed by atoms with Crippen molar-refractivity contribution in [3.8, 4) is 5.75 Å². The Morgan fingerprint density at radius 1 is 1.50 bits per heavy atom. The Hall–Kier alpha value is -1.82. The smallest absolute Gasteiger partial charge is 0.292 e. The van der Waals surface area contributed by atoms with Gasteiger partial charge in [0.1, 0.15) is 11.4 Å². The van der Waals surface area contributed by atoms with Crippen molar-refractivity contribution in [2.75, 3.05) is 32.6 Å². The first kappa shape index (κ1) is 14.6. The van der Waals surface area contributed by atoms with Crippen LogP contribution in [-0.2, 0) is 0 Å². The summed E-state index contributed by atoms with van der Waals surface area (Å²) in [5, 5.41) is 14.4. The molecule has 0 saturated carbocycles. The maximum Gasteiger partial charge on any atom is 0.292 e. The maximum absolute atomic E-state index is 11.1. The zero-order chi connectivity index (χ0) is 14.7. The van der Waals surface area contributed by atoms with Gasteiger partial charge in [-0.15, -0.1) is 0 Å². The van der Waals surface area contributed by atoms with Crippen LogP contribution in [0.1, 0.15) is 13.3 Å². The van der Waals surface area contributed by atoms with E-state index in [1.54, 1.807) is 19.2 Å². The molecule has 0 amide bonds. The summed E-state index contributed by atoms with van der Waals surface area (Å²) in [5.74, 6) is 1.07. The fourth-order valence-corrected chi connectivity index (χ4v) is 2.69. The molecule has 1 aromatic carbocycles. The van der Waals surface area contributed by atoms with Gasteiger partial charge in [-0.2, -0.15) is 0 Å². The van der Waals surface area contributed by atoms with Crippen LogP contribution in [0.5, 0.6) is 5.75 Å². The van der Waals surface area contributed by atoms with Gasteiger partial charge in [0.15, 0.2) is 0 Å². The number of piperidine rings is 1. The second kappa shape index (κ2) is 6.09. The van der Waals surface area contributed by atoms with E-state index in [9.17, 15) is 10.1 Å². The summed E-state index contributed by atoms with van der Waals surface area (Å²) in [6, 6.07) is 5.04. The molecule has 110 valence electrons. The zero-order valence-electron chi connectivity index (χ0n) is 12.1. The van der Waals surface area contributed by atoms with Gasteiger partial charge in [-0.05, 0) is 32.0 Å². The Labute approximate surface area is 118 Å². The second-order valence-corrected chi connectivity index (χ2v) is 5.42. The van der Waals surface area contributed by atoms with Gasteiger partial charge in [-0.1, -0.05) is 6.92 Å². The van der Waals surface area contributed by atoms with E-state index in [4.69, 9.17) is 4.74 Å². The van der Waals surface area contributed by atoms with Crippen LogP contribution in [0.25, 0.3) is 0 Å². The Kier molecular flexibility index (Phi) is 4.44. The number of anilines is 1. The Morgan fingerprint density at radius 3 is 2.85 bits per heavy atom. The predicted octanol–water partition coefficient (Wildman–Crippen LogP) is 2.36. The highest BCUT2D eigenvalue weighted by atomic mass is 16.6. The van der Waals surface area contributed by atoms with Crippen LogP contribution in [0.15, 0.2) is 18.2 Å². The Bertz CT molecular complexity index is 493. The molecule has 20 heavy (non-hydrogen) atoms. The van der Waals surface area contributed by atoms with Crippen molar-refractivity contribution in [3.63, 3.8) is 0 Å². The summed E-state index contributed by atoms with van der Waals surface area (Å²) in [4.78, 5) is 13.0. The molecular formula is C14H21N3O3. The van der Waals surface area contributed by atoms with E-state index >= 15 is 0 Å². The molecule has 6 nitrogen and oxygen atoms in total. The van der Waals surface area contributed by atoms with Crippen molar-refractivity contribution in [3.05, 3.63) is 28.3 Å². The van der Waals surface area contributed by atoms with E-state index in [0.29, 0.717) is 17.4 Å². The average molecular weight is 279 g/mol. The fourth-order valence-electron chi connectivity index (χ4n) is 2.69. The van der Waals surface area contributed by atoms with Gasteiger partial charge in [0, 0.05) is 24.7 Å². The molecule has 0 aliphatic carbocycles. The lowest BCUT2D eigenvalue weighted by Gasteiger charge is -2.35. The largest absolute Gasteiger partial charge is 0.497 e. The van der Waals surface area contributed by atoms with E-state index in [1.165, 1.54) is 6.07 Å². The number of nitrogens with one attached hydrogen (secondary N) is 1. The minimum absolute atomic E-state index is 0.0944. The van der Waals surface area contributed by atoms with E-state index < -0.39 is 0 Å². The van der Waals surface area contributed by atoms with Crippen molar-refractivity contribution < 1.29 is 9.66 Å². The fraction of sp³-hybridized carbons (Fsp3) is 0.571. The number of ether oxygens (including phenoxy) is 1. The maximum atomic E-state index is 11.1. The van der Waals surface area contributed by atoms with Gasteiger partial charge in [-0.3, -0.25) is 10.1 Å². The first-order chi connectivity index (χ1) is 9.51. The summed E-state index contributed by atoms with van der Waals surface area (Å²) in [6.45, 7) is 4.16. The minimum atomic E-state index is -0.360. The third-order valence-electron chi connectivity index (χ3n) is 3.85. The van der Waals surface area contributed by atoms with E-state index in [1.807, 2.05) is 0 Å². The molecule has 0 bridgehead atoms. The number of hydrogen-bond donors (Lipinski definition) is 1. The number of hydrogen-bond acceptors (Lipinski definition) is 5. The molecule has 0 aromatic heterocycles. The monoisotopic (exact) mass is 279 g/mol. The van der Waals surface area contributed by atoms with Gasteiger partial charge in [-0.25, -0.2) is 0 Å². The van der Waals surface area contributed by atoms with Crippen molar-refractivity contribution in [2.45, 2.75) is 19.4 Å². The molecule has 2 atom stereocenters. The van der Waals surface area contributed by atoms with Crippen LogP contribution in [0.4, 0.5) is 11.4 Å². The third kappa shape index (κ3) is 3.19. The molecule has 1 aliphatic heterocycles. The summed E-state index contributed by atoms with van der Waals surface area (Å²) in [7, 11) is 3.66. The van der Waals surface area contributed by atoms with Crippen LogP contribution in [-0.4, -0.2) is 43.1 Å². The highest BCUT2D eigenvalue weighted by Crippen LogP contribution is 2.31. The predicted molar refractivity (Wildman–Crippen MR) is 78.3 cm³/mol. The van der Waals surface area contributed by atoms with E-state index in [-0.39, 0.29) is 16.7 Å². The number of nitro groups is 1. The Morgan fingerprint density at radius 2 is 2.25 bits per heavy atom. The van der Waals surface area contributed by atoms with Gasteiger partial charge in [0.05, 0.1) is 12.0 Å². The molecule has 1 heterocycles. The van der Waals surface area contributed by atoms with Crippen LogP contribution < -0.4 is 10.1 Å². The molecule has 1 saturated heterocycles. The summed E-state index contributed by atoms with van der Waals surface area (Å²) >= 11 is 0. The molecule has 1 aromatic rings. The highest BCUT2D eigenvalue weighted by Gasteiger charge is 2.26. The molecule has 0 spiro atoms. The van der Waals surface area contributed by atoms with Crippen LogP contribution in [0.3, 0.4) is 0 Å². The molecule has 0 radical (unpaired) electrons. The molecule has 6 heteroatoms. The lowest BCUT2D eigenvalue weighted by atomic mass is 9.94. The minimum Gasteiger partial charge on any atom is -0.497 e. The van der Waals surface area contributed by atoms with Gasteiger partial charge >= 0.3 is 0 Å². The Balaban J connectivity index is 2.20. The van der Waals surface area contributed by atoms with Gasteiger partial charge in [0.25, 0.3) is 5.69 Å². The SMILES string of the molecule is COc1ccc([N+](=O)[O-])c(NC2CCN(C)CC2C)c1. The number of benzene rings is 1. The zero-order valence-corrected chi connectivity index (χ0v) is 12.1. The first-order valence-corrected chi connectivity index (χ1v) is 6.78. The quantitative estimate of drug-likeness (QED) is 0.677. The second-order valence-electron chi connectivity index (χ2n) is 5.42. The lowest BCUT2D eigenvalue weighted by Crippen LogP contribution is -2.43. The molecular weight excluding hydrogens is 258 g/mol. The van der Waals surface area contributed by atoms with Gasteiger partial charge in [0.2, 0.25) is 0 Å². The van der Waals surface area contributed by atoms with Crippen LogP contribution >= 0.6 is 0 Å². The molecule has 2 unspecified atom stereocenters. The standard InChI is InChI=1S/C14H21N3O3/c1-10-9-16(2)7-6-12(10)15-13-8-11(20-3)4-5-14(13)17(18)19/h4-5,8,10,12,15H,6-7,9H2,1-3H3. The van der Waals surface area contributed by atoms with E-state index in [2.05, 4.69) is 24.2 Å². The number of likely N-dealkylation sites (tertiary alicyclic amines) is 1.